The average Bonchev–Trinajstić information content (AvgIpc) is 3.33. The summed E-state index contributed by atoms with van der Waals surface area (Å²) in [4.78, 5) is 54.2. The summed E-state index contributed by atoms with van der Waals surface area (Å²) in [5.41, 5.74) is 8.09. The van der Waals surface area contributed by atoms with Crippen molar-refractivity contribution in [3.05, 3.63) is 65.9 Å². The van der Waals surface area contributed by atoms with Crippen LogP contribution in [-0.2, 0) is 36.8 Å². The van der Waals surface area contributed by atoms with Crippen molar-refractivity contribution in [2.45, 2.75) is 50.7 Å². The van der Waals surface area contributed by atoms with Gasteiger partial charge in [0.1, 0.15) is 23.9 Å². The first-order chi connectivity index (χ1) is 18.7. The number of phenolic OH excluding ortho intramolecular Hbond substituents is 1. The maximum atomic E-state index is 13.4. The Morgan fingerprint density at radius 2 is 1.59 bits per heavy atom. The van der Waals surface area contributed by atoms with E-state index in [2.05, 4.69) is 20.9 Å². The van der Waals surface area contributed by atoms with Gasteiger partial charge in [0.15, 0.2) is 0 Å². The van der Waals surface area contributed by atoms with Gasteiger partial charge in [0.05, 0.1) is 7.11 Å². The van der Waals surface area contributed by atoms with Crippen LogP contribution in [0.4, 0.5) is 0 Å². The molecule has 2 aromatic carbocycles. The molecule has 208 valence electrons. The van der Waals surface area contributed by atoms with Gasteiger partial charge >= 0.3 is 5.97 Å². The van der Waals surface area contributed by atoms with Crippen LogP contribution >= 0.6 is 0 Å². The maximum Gasteiger partial charge on any atom is 0.328 e. The number of hydrogen-bond acceptors (Lipinski definition) is 7. The van der Waals surface area contributed by atoms with E-state index in [1.165, 1.54) is 26.2 Å². The third-order valence-corrected chi connectivity index (χ3v) is 6.30. The number of carbonyl (C=O) groups is 4. The van der Waals surface area contributed by atoms with Crippen LogP contribution in [0.5, 0.6) is 5.75 Å². The number of nitrogens with two attached hydrogens (primary N) is 1. The van der Waals surface area contributed by atoms with Gasteiger partial charge in [0, 0.05) is 36.9 Å². The van der Waals surface area contributed by atoms with E-state index in [1.54, 1.807) is 18.3 Å². The highest BCUT2D eigenvalue weighted by molar-refractivity contribution is 5.94. The number of methoxy groups -OCH3 is 1. The number of aromatic hydroxyl groups is 1. The number of benzene rings is 2. The lowest BCUT2D eigenvalue weighted by Gasteiger charge is -2.25. The van der Waals surface area contributed by atoms with E-state index in [-0.39, 0.29) is 31.6 Å². The van der Waals surface area contributed by atoms with Crippen molar-refractivity contribution >= 4 is 34.6 Å². The minimum atomic E-state index is -1.03. The van der Waals surface area contributed by atoms with Crippen molar-refractivity contribution in [3.8, 4) is 5.75 Å². The SMILES string of the molecule is COC(=O)[C@H](Cc1ccc(O)cc1)NC(=O)[C@H](CCCN)NC(=O)[C@H](Cc1c[nH]c2ccccc12)NC(C)=O. The van der Waals surface area contributed by atoms with Crippen LogP contribution < -0.4 is 21.7 Å². The molecule has 0 spiro atoms. The normalized spacial score (nSPS) is 13.2. The number of H-pyrrole nitrogens is 1. The quantitative estimate of drug-likeness (QED) is 0.177. The van der Waals surface area contributed by atoms with E-state index in [4.69, 9.17) is 10.5 Å². The summed E-state index contributed by atoms with van der Waals surface area (Å²) < 4.78 is 4.87. The monoisotopic (exact) mass is 537 g/mol. The van der Waals surface area contributed by atoms with Gasteiger partial charge in [-0.3, -0.25) is 14.4 Å². The second kappa shape index (κ2) is 14.0. The van der Waals surface area contributed by atoms with Gasteiger partial charge in [-0.15, -0.1) is 0 Å². The van der Waals surface area contributed by atoms with Crippen LogP contribution in [0.3, 0.4) is 0 Å². The van der Waals surface area contributed by atoms with Crippen LogP contribution in [0.2, 0.25) is 0 Å². The Hall–Kier alpha value is -4.38. The molecular formula is C28H35N5O6. The molecule has 0 fully saturated rings. The number of carbonyl (C=O) groups excluding carboxylic acids is 4. The van der Waals surface area contributed by atoms with Crippen molar-refractivity contribution in [1.29, 1.82) is 0 Å². The number of rotatable bonds is 13. The standard InChI is InChI=1S/C28H35N5O6/c1-17(34)31-24(15-19-16-30-22-7-4-3-6-21(19)22)27(37)32-23(8-5-13-29)26(36)33-25(28(38)39-2)14-18-9-11-20(35)12-10-18/h3-4,6-7,9-12,16,23-25,30,35H,5,8,13-15,29H2,1-2H3,(H,31,34)(H,32,37)(H,33,36)/t23-,24-,25-/m0/s1. The molecule has 3 atom stereocenters. The van der Waals surface area contributed by atoms with E-state index in [9.17, 15) is 24.3 Å². The number of hydrogen-bond donors (Lipinski definition) is 6. The van der Waals surface area contributed by atoms with Crippen molar-refractivity contribution in [3.63, 3.8) is 0 Å². The van der Waals surface area contributed by atoms with Crippen LogP contribution in [-0.4, -0.2) is 65.6 Å². The first-order valence-electron chi connectivity index (χ1n) is 12.7. The van der Waals surface area contributed by atoms with Gasteiger partial charge in [0.25, 0.3) is 0 Å². The minimum Gasteiger partial charge on any atom is -0.508 e. The number of aromatic nitrogens is 1. The van der Waals surface area contributed by atoms with Gasteiger partial charge in [-0.05, 0) is 48.7 Å². The molecule has 0 saturated carbocycles. The molecule has 11 nitrogen and oxygen atoms in total. The van der Waals surface area contributed by atoms with E-state index in [0.717, 1.165) is 16.5 Å². The van der Waals surface area contributed by atoms with Gasteiger partial charge in [-0.1, -0.05) is 30.3 Å². The Labute approximate surface area is 226 Å². The first-order valence-corrected chi connectivity index (χ1v) is 12.7. The van der Waals surface area contributed by atoms with E-state index >= 15 is 0 Å². The van der Waals surface area contributed by atoms with Crippen molar-refractivity contribution in [2.75, 3.05) is 13.7 Å². The second-order valence-corrected chi connectivity index (χ2v) is 9.26. The highest BCUT2D eigenvalue weighted by Gasteiger charge is 2.30. The number of amides is 3. The molecule has 0 saturated heterocycles. The Kier molecular flexibility index (Phi) is 10.4. The van der Waals surface area contributed by atoms with Crippen LogP contribution in [0.15, 0.2) is 54.7 Å². The van der Waals surface area contributed by atoms with Crippen molar-refractivity contribution in [1.82, 2.24) is 20.9 Å². The zero-order valence-corrected chi connectivity index (χ0v) is 22.0. The van der Waals surface area contributed by atoms with E-state index < -0.39 is 41.8 Å². The zero-order valence-electron chi connectivity index (χ0n) is 22.0. The molecule has 39 heavy (non-hydrogen) atoms. The van der Waals surface area contributed by atoms with Gasteiger partial charge in [0.2, 0.25) is 17.7 Å². The van der Waals surface area contributed by atoms with Crippen LogP contribution in [0, 0.1) is 0 Å². The number of fused-ring (bicyclic) bond motifs is 1. The molecule has 3 rings (SSSR count). The number of phenols is 1. The molecule has 0 aliphatic carbocycles. The number of aromatic amines is 1. The summed E-state index contributed by atoms with van der Waals surface area (Å²) in [5, 5.41) is 18.5. The molecule has 7 N–H and O–H groups in total. The molecule has 0 aliphatic heterocycles. The Morgan fingerprint density at radius 3 is 2.26 bits per heavy atom. The third-order valence-electron chi connectivity index (χ3n) is 6.30. The van der Waals surface area contributed by atoms with Crippen molar-refractivity contribution < 1.29 is 29.0 Å². The van der Waals surface area contributed by atoms with E-state index in [0.29, 0.717) is 12.0 Å². The fourth-order valence-corrected chi connectivity index (χ4v) is 4.31. The molecule has 0 bridgehead atoms. The molecule has 0 aliphatic rings. The summed E-state index contributed by atoms with van der Waals surface area (Å²) >= 11 is 0. The molecule has 3 amide bonds. The lowest BCUT2D eigenvalue weighted by molar-refractivity contribution is -0.145. The minimum absolute atomic E-state index is 0.0725. The highest BCUT2D eigenvalue weighted by Crippen LogP contribution is 2.19. The summed E-state index contributed by atoms with van der Waals surface area (Å²) in [6.45, 7) is 1.61. The largest absolute Gasteiger partial charge is 0.508 e. The number of esters is 1. The molecule has 3 aromatic rings. The van der Waals surface area contributed by atoms with Gasteiger partial charge in [-0.25, -0.2) is 4.79 Å². The summed E-state index contributed by atoms with van der Waals surface area (Å²) in [6, 6.07) is 10.9. The van der Waals surface area contributed by atoms with Gasteiger partial charge in [-0.2, -0.15) is 0 Å². The Bertz CT molecular complexity index is 1290. The smallest absolute Gasteiger partial charge is 0.328 e. The molecule has 1 aromatic heterocycles. The highest BCUT2D eigenvalue weighted by atomic mass is 16.5. The van der Waals surface area contributed by atoms with E-state index in [1.807, 2.05) is 24.3 Å². The fraction of sp³-hybridized carbons (Fsp3) is 0.357. The Balaban J connectivity index is 1.76. The lowest BCUT2D eigenvalue weighted by Crippen LogP contribution is -2.56. The lowest BCUT2D eigenvalue weighted by atomic mass is 10.0. The zero-order chi connectivity index (χ0) is 28.4. The van der Waals surface area contributed by atoms with Gasteiger partial charge < -0.3 is 36.5 Å². The maximum absolute atomic E-state index is 13.4. The van der Waals surface area contributed by atoms with Crippen molar-refractivity contribution in [2.24, 2.45) is 5.73 Å². The molecule has 0 unspecified atom stereocenters. The number of ether oxygens (including phenoxy) is 1. The molecule has 1 heterocycles. The Morgan fingerprint density at radius 1 is 0.923 bits per heavy atom. The molecule has 11 heteroatoms. The summed E-state index contributed by atoms with van der Waals surface area (Å²) in [6.07, 6.45) is 2.76. The predicted octanol–water partition coefficient (Wildman–Crippen LogP) is 1.04. The molecule has 0 radical (unpaired) electrons. The first kappa shape index (κ1) is 29.2. The number of nitrogens with one attached hydrogen (secondary N) is 4. The summed E-state index contributed by atoms with van der Waals surface area (Å²) in [7, 11) is 1.22. The average molecular weight is 538 g/mol. The topological polar surface area (TPSA) is 176 Å². The fourth-order valence-electron chi connectivity index (χ4n) is 4.31. The van der Waals surface area contributed by atoms with Crippen LogP contribution in [0.25, 0.3) is 10.9 Å². The van der Waals surface area contributed by atoms with Crippen LogP contribution in [0.1, 0.15) is 30.9 Å². The predicted molar refractivity (Wildman–Crippen MR) is 146 cm³/mol. The third kappa shape index (κ3) is 8.30. The molecular weight excluding hydrogens is 502 g/mol. The second-order valence-electron chi connectivity index (χ2n) is 9.26. The number of para-hydroxylation sites is 1. The summed E-state index contributed by atoms with van der Waals surface area (Å²) in [5.74, 6) is -2.10.